The van der Waals surface area contributed by atoms with Crippen LogP contribution in [0.5, 0.6) is 0 Å². The predicted molar refractivity (Wildman–Crippen MR) is 83.9 cm³/mol. The highest BCUT2D eigenvalue weighted by molar-refractivity contribution is 7.89. The van der Waals surface area contributed by atoms with Crippen LogP contribution >= 0.6 is 11.3 Å². The van der Waals surface area contributed by atoms with Crippen LogP contribution in [-0.4, -0.2) is 15.0 Å². The van der Waals surface area contributed by atoms with Crippen LogP contribution < -0.4 is 10.0 Å². The van der Waals surface area contributed by atoms with Crippen LogP contribution in [0, 0.1) is 13.8 Å². The summed E-state index contributed by atoms with van der Waals surface area (Å²) in [5, 5.41) is 3.05. The number of thiophene rings is 1. The first kappa shape index (κ1) is 16.2. The van der Waals surface area contributed by atoms with Crippen LogP contribution in [0.25, 0.3) is 0 Å². The molecule has 2 heterocycles. The highest BCUT2D eigenvalue weighted by Gasteiger charge is 2.18. The Labute approximate surface area is 129 Å². The quantitative estimate of drug-likeness (QED) is 0.819. The van der Waals surface area contributed by atoms with Crippen LogP contribution in [0.1, 0.15) is 28.0 Å². The molecule has 21 heavy (non-hydrogen) atoms. The normalized spacial score (nSPS) is 12.0. The molecule has 2 aromatic heterocycles. The summed E-state index contributed by atoms with van der Waals surface area (Å²) in [6.07, 6.45) is 0. The third-order valence-electron chi connectivity index (χ3n) is 3.10. The Morgan fingerprint density at radius 2 is 2.00 bits per heavy atom. The molecule has 2 N–H and O–H groups in total. The fourth-order valence-corrected chi connectivity index (χ4v) is 3.86. The maximum absolute atomic E-state index is 12.2. The van der Waals surface area contributed by atoms with Crippen LogP contribution in [0.15, 0.2) is 27.7 Å². The average Bonchev–Trinajstić information content (AvgIpc) is 3.03. The van der Waals surface area contributed by atoms with E-state index in [1.54, 1.807) is 17.4 Å². The smallest absolute Gasteiger partial charge is 0.274 e. The summed E-state index contributed by atoms with van der Waals surface area (Å²) in [5.74, 6) is 0.611. The third-order valence-corrected chi connectivity index (χ3v) is 5.53. The Morgan fingerprint density at radius 3 is 2.62 bits per heavy atom. The molecule has 0 amide bonds. The Kier molecular flexibility index (Phi) is 5.21. The predicted octanol–water partition coefficient (Wildman–Crippen LogP) is 2.55. The molecule has 0 saturated heterocycles. The molecule has 0 bridgehead atoms. The van der Waals surface area contributed by atoms with E-state index in [1.165, 1.54) is 16.5 Å². The Morgan fingerprint density at radius 1 is 1.24 bits per heavy atom. The van der Waals surface area contributed by atoms with Crippen LogP contribution in [0.3, 0.4) is 0 Å². The molecule has 7 heteroatoms. The molecule has 0 aliphatic rings. The van der Waals surface area contributed by atoms with E-state index >= 15 is 0 Å². The lowest BCUT2D eigenvalue weighted by Gasteiger charge is -2.02. The Hall–Kier alpha value is -1.15. The third kappa shape index (κ3) is 4.16. The van der Waals surface area contributed by atoms with Gasteiger partial charge in [-0.15, -0.1) is 11.3 Å². The van der Waals surface area contributed by atoms with E-state index in [0.29, 0.717) is 12.3 Å². The summed E-state index contributed by atoms with van der Waals surface area (Å²) >= 11 is 1.60. The number of furan rings is 1. The average molecular weight is 328 g/mol. The fourth-order valence-electron chi connectivity index (χ4n) is 1.82. The highest BCUT2D eigenvalue weighted by atomic mass is 32.2. The van der Waals surface area contributed by atoms with Gasteiger partial charge in [-0.3, -0.25) is 0 Å². The van der Waals surface area contributed by atoms with E-state index in [4.69, 9.17) is 4.42 Å². The molecule has 2 rings (SSSR count). The maximum Gasteiger partial charge on any atom is 0.274 e. The van der Waals surface area contributed by atoms with Gasteiger partial charge in [0, 0.05) is 16.3 Å². The van der Waals surface area contributed by atoms with Crippen molar-refractivity contribution in [1.29, 1.82) is 0 Å². The van der Waals surface area contributed by atoms with Gasteiger partial charge in [-0.2, -0.15) is 0 Å². The van der Waals surface area contributed by atoms with Gasteiger partial charge in [0.05, 0.1) is 6.54 Å². The van der Waals surface area contributed by atoms with Crippen molar-refractivity contribution in [2.45, 2.75) is 39.0 Å². The van der Waals surface area contributed by atoms with E-state index in [1.807, 2.05) is 26.8 Å². The summed E-state index contributed by atoms with van der Waals surface area (Å²) in [6, 6.07) is 5.16. The highest BCUT2D eigenvalue weighted by Crippen LogP contribution is 2.21. The van der Waals surface area contributed by atoms with E-state index in [0.717, 1.165) is 11.4 Å². The summed E-state index contributed by atoms with van der Waals surface area (Å²) in [5.41, 5.74) is 1.18. The van der Waals surface area contributed by atoms with Gasteiger partial charge < -0.3 is 9.73 Å². The van der Waals surface area contributed by atoms with E-state index in [2.05, 4.69) is 10.0 Å². The van der Waals surface area contributed by atoms with E-state index in [-0.39, 0.29) is 11.6 Å². The lowest BCUT2D eigenvalue weighted by atomic mass is 10.3. The van der Waals surface area contributed by atoms with Crippen LogP contribution in [0.4, 0.5) is 0 Å². The van der Waals surface area contributed by atoms with Gasteiger partial charge in [-0.1, -0.05) is 6.92 Å². The molecule has 5 nitrogen and oxygen atoms in total. The summed E-state index contributed by atoms with van der Waals surface area (Å²) in [7, 11) is -3.60. The lowest BCUT2D eigenvalue weighted by molar-refractivity contribution is 0.401. The largest absolute Gasteiger partial charge is 0.447 e. The molecule has 0 aliphatic heterocycles. The van der Waals surface area contributed by atoms with Crippen molar-refractivity contribution < 1.29 is 12.8 Å². The Balaban J connectivity index is 2.02. The monoisotopic (exact) mass is 328 g/mol. The van der Waals surface area contributed by atoms with Gasteiger partial charge in [0.15, 0.2) is 0 Å². The molecule has 0 radical (unpaired) electrons. The number of hydrogen-bond acceptors (Lipinski definition) is 5. The van der Waals surface area contributed by atoms with Crippen molar-refractivity contribution in [3.05, 3.63) is 39.3 Å². The van der Waals surface area contributed by atoms with E-state index in [9.17, 15) is 8.42 Å². The molecule has 0 aliphatic carbocycles. The van der Waals surface area contributed by atoms with Crippen molar-refractivity contribution >= 4 is 21.4 Å². The second-order valence-corrected chi connectivity index (χ2v) is 7.82. The van der Waals surface area contributed by atoms with Gasteiger partial charge in [0.2, 0.25) is 5.09 Å². The summed E-state index contributed by atoms with van der Waals surface area (Å²) in [6.45, 7) is 7.63. The van der Waals surface area contributed by atoms with Gasteiger partial charge in [0.1, 0.15) is 5.76 Å². The van der Waals surface area contributed by atoms with Crippen molar-refractivity contribution in [3.63, 3.8) is 0 Å². The summed E-state index contributed by atoms with van der Waals surface area (Å²) < 4.78 is 32.3. The van der Waals surface area contributed by atoms with Crippen molar-refractivity contribution in [3.8, 4) is 0 Å². The molecule has 0 fully saturated rings. The first-order chi connectivity index (χ1) is 9.92. The molecule has 2 aromatic rings. The number of rotatable bonds is 7. The van der Waals surface area contributed by atoms with Crippen LogP contribution in [-0.2, 0) is 23.1 Å². The number of hydrogen-bond donors (Lipinski definition) is 2. The minimum Gasteiger partial charge on any atom is -0.447 e. The second-order valence-electron chi connectivity index (χ2n) is 4.78. The lowest BCUT2D eigenvalue weighted by Crippen LogP contribution is -2.22. The topological polar surface area (TPSA) is 71.3 Å². The van der Waals surface area contributed by atoms with Gasteiger partial charge >= 0.3 is 0 Å². The molecular formula is C14H20N2O3S2. The van der Waals surface area contributed by atoms with E-state index < -0.39 is 10.0 Å². The zero-order chi connectivity index (χ0) is 15.5. The first-order valence-electron chi connectivity index (χ1n) is 6.77. The maximum atomic E-state index is 12.2. The molecule has 116 valence electrons. The SMILES string of the molecule is CCNCc1ccc(S(=O)(=O)NCc2cc(C)c(C)s2)o1. The van der Waals surface area contributed by atoms with Crippen molar-refractivity contribution in [1.82, 2.24) is 10.0 Å². The van der Waals surface area contributed by atoms with Gasteiger partial charge in [-0.05, 0) is 44.2 Å². The zero-order valence-electron chi connectivity index (χ0n) is 12.4. The van der Waals surface area contributed by atoms with Crippen molar-refractivity contribution in [2.75, 3.05) is 6.54 Å². The fraction of sp³-hybridized carbons (Fsp3) is 0.429. The number of nitrogens with one attached hydrogen (secondary N) is 2. The molecular weight excluding hydrogens is 308 g/mol. The second kappa shape index (κ2) is 6.74. The molecule has 0 aromatic carbocycles. The van der Waals surface area contributed by atoms with Crippen molar-refractivity contribution in [2.24, 2.45) is 0 Å². The standard InChI is InChI=1S/C14H20N2O3S2/c1-4-15-8-12-5-6-14(19-12)21(17,18)16-9-13-7-10(2)11(3)20-13/h5-7,15-16H,4,8-9H2,1-3H3. The molecule has 0 atom stereocenters. The first-order valence-corrected chi connectivity index (χ1v) is 9.07. The molecule has 0 spiro atoms. The van der Waals surface area contributed by atoms with Gasteiger partial charge in [0.25, 0.3) is 10.0 Å². The van der Waals surface area contributed by atoms with Crippen LogP contribution in [0.2, 0.25) is 0 Å². The number of aryl methyl sites for hydroxylation is 2. The van der Waals surface area contributed by atoms with Gasteiger partial charge in [-0.25, -0.2) is 13.1 Å². The molecule has 0 saturated carbocycles. The number of sulfonamides is 1. The zero-order valence-corrected chi connectivity index (χ0v) is 14.0. The Bertz CT molecular complexity index is 682. The molecule has 0 unspecified atom stereocenters. The minimum atomic E-state index is -3.60. The summed E-state index contributed by atoms with van der Waals surface area (Å²) in [4.78, 5) is 2.20. The minimum absolute atomic E-state index is 0.0413.